The van der Waals surface area contributed by atoms with E-state index in [1.165, 1.54) is 7.11 Å². The summed E-state index contributed by atoms with van der Waals surface area (Å²) >= 11 is 0. The summed E-state index contributed by atoms with van der Waals surface area (Å²) < 4.78 is 68.5. The van der Waals surface area contributed by atoms with Crippen molar-refractivity contribution >= 4 is 24.1 Å². The van der Waals surface area contributed by atoms with Crippen molar-refractivity contribution in [1.29, 1.82) is 0 Å². The molecule has 0 aromatic heterocycles. The molecule has 222 valence electrons. The van der Waals surface area contributed by atoms with Crippen molar-refractivity contribution < 1.29 is 56.1 Å². The molecular weight excluding hydrogens is 532 g/mol. The summed E-state index contributed by atoms with van der Waals surface area (Å²) in [7, 11) is 1.17. The molecule has 4 rings (SSSR count). The molecule has 2 unspecified atom stereocenters. The van der Waals surface area contributed by atoms with Crippen LogP contribution in [-0.4, -0.2) is 94.4 Å². The van der Waals surface area contributed by atoms with Gasteiger partial charge in [-0.1, -0.05) is 0 Å². The van der Waals surface area contributed by atoms with Crippen LogP contribution in [0.2, 0.25) is 0 Å². The fourth-order valence-electron chi connectivity index (χ4n) is 5.10. The number of aliphatic carboxylic acids is 1. The van der Waals surface area contributed by atoms with Crippen molar-refractivity contribution in [2.45, 2.75) is 102 Å². The van der Waals surface area contributed by atoms with E-state index in [4.69, 9.17) is 14.6 Å². The number of carboxylic acid groups (broad SMARTS) is 1. The van der Waals surface area contributed by atoms with Gasteiger partial charge in [0.25, 0.3) is 11.8 Å². The Kier molecular flexibility index (Phi) is 7.40. The average Bonchev–Trinajstić information content (AvgIpc) is 3.25. The smallest absolute Gasteiger partial charge is 0.411 e. The molecule has 4 atom stereocenters. The Labute approximate surface area is 223 Å². The van der Waals surface area contributed by atoms with Gasteiger partial charge in [-0.15, -0.1) is 0 Å². The molecule has 2 aliphatic heterocycles. The van der Waals surface area contributed by atoms with E-state index >= 15 is 0 Å². The van der Waals surface area contributed by atoms with Crippen LogP contribution >= 0.6 is 0 Å². The number of hydrogen-bond acceptors (Lipinski definition) is 7. The Bertz CT molecular complexity index is 1040. The molecule has 4 aliphatic rings. The molecule has 0 aromatic rings. The predicted octanol–water partition coefficient (Wildman–Crippen LogP) is 4.30. The van der Waals surface area contributed by atoms with Gasteiger partial charge in [0.05, 0.1) is 17.9 Å². The normalized spacial score (nSPS) is 31.9. The molecule has 10 nitrogen and oxygen atoms in total. The lowest BCUT2D eigenvalue weighted by Gasteiger charge is -2.27. The maximum atomic E-state index is 13.5. The lowest BCUT2D eigenvalue weighted by molar-refractivity contribution is -0.145. The maximum absolute atomic E-state index is 13.5. The van der Waals surface area contributed by atoms with Gasteiger partial charge in [0.2, 0.25) is 0 Å². The van der Waals surface area contributed by atoms with Crippen molar-refractivity contribution in [3.05, 3.63) is 0 Å². The zero-order valence-corrected chi connectivity index (χ0v) is 23.1. The van der Waals surface area contributed by atoms with Gasteiger partial charge in [-0.3, -0.25) is 9.80 Å². The number of methoxy groups -OCH3 is 1. The minimum Gasteiger partial charge on any atom is -0.480 e. The molecule has 2 spiro atoms. The second kappa shape index (κ2) is 9.39. The summed E-state index contributed by atoms with van der Waals surface area (Å²) in [5.41, 5.74) is -4.20. The van der Waals surface area contributed by atoms with Gasteiger partial charge >= 0.3 is 24.1 Å². The molecule has 2 aliphatic carbocycles. The van der Waals surface area contributed by atoms with Crippen LogP contribution in [0.5, 0.6) is 0 Å². The third-order valence-electron chi connectivity index (χ3n) is 7.30. The zero-order chi connectivity index (χ0) is 30.0. The van der Waals surface area contributed by atoms with Crippen molar-refractivity contribution in [2.24, 2.45) is 10.8 Å². The quantitative estimate of drug-likeness (QED) is 0.297. The number of carbonyl (C=O) groups is 4. The molecule has 4 fully saturated rings. The monoisotopic (exact) mass is 568 g/mol. The van der Waals surface area contributed by atoms with Gasteiger partial charge in [0, 0.05) is 25.9 Å². The van der Waals surface area contributed by atoms with Gasteiger partial charge in [0.1, 0.15) is 23.3 Å². The lowest BCUT2D eigenvalue weighted by atomic mass is 10.0. The van der Waals surface area contributed by atoms with Gasteiger partial charge in [-0.25, -0.2) is 36.7 Å². The van der Waals surface area contributed by atoms with E-state index < -0.39 is 70.1 Å². The van der Waals surface area contributed by atoms with E-state index in [1.807, 2.05) is 0 Å². The number of ether oxygens (including phenoxy) is 3. The third kappa shape index (κ3) is 6.19. The fraction of sp³-hybridized carbons (Fsp3) is 0.840. The molecule has 2 saturated carbocycles. The SMILES string of the molecule is CC(C)(C)OC(=O)N1CC2(C[C@H]1C(=O)O)CC2(F)F.COC(=O)[C@@H]1CC2(CN1C(=O)OC(C)(C)C)CC2(F)F. The highest BCUT2D eigenvalue weighted by Crippen LogP contribution is 2.67. The molecule has 14 heteroatoms. The average molecular weight is 569 g/mol. The van der Waals surface area contributed by atoms with E-state index in [-0.39, 0.29) is 38.8 Å². The number of halogens is 4. The second-order valence-electron chi connectivity index (χ2n) is 12.8. The number of alkyl halides is 4. The van der Waals surface area contributed by atoms with E-state index in [0.717, 1.165) is 9.80 Å². The third-order valence-corrected chi connectivity index (χ3v) is 7.30. The van der Waals surface area contributed by atoms with Gasteiger partial charge < -0.3 is 19.3 Å². The summed E-state index contributed by atoms with van der Waals surface area (Å²) in [4.78, 5) is 48.8. The summed E-state index contributed by atoms with van der Waals surface area (Å²) in [6.45, 7) is 9.51. The number of likely N-dealkylation sites (tertiary alicyclic amines) is 2. The number of carboxylic acids is 1. The number of amides is 2. The first-order valence-electron chi connectivity index (χ1n) is 12.5. The molecule has 2 heterocycles. The summed E-state index contributed by atoms with van der Waals surface area (Å²) in [6, 6.07) is -2.23. The van der Waals surface area contributed by atoms with Crippen molar-refractivity contribution in [3.8, 4) is 0 Å². The molecule has 0 radical (unpaired) electrons. The molecule has 39 heavy (non-hydrogen) atoms. The van der Waals surface area contributed by atoms with E-state index in [2.05, 4.69) is 4.74 Å². The van der Waals surface area contributed by atoms with E-state index in [0.29, 0.717) is 0 Å². The van der Waals surface area contributed by atoms with Crippen LogP contribution in [0.3, 0.4) is 0 Å². The molecule has 2 amide bonds. The van der Waals surface area contributed by atoms with Crippen molar-refractivity contribution in [1.82, 2.24) is 9.80 Å². The molecule has 2 saturated heterocycles. The maximum Gasteiger partial charge on any atom is 0.411 e. The van der Waals surface area contributed by atoms with Gasteiger partial charge in [-0.05, 0) is 54.4 Å². The Morgan fingerprint density at radius 1 is 0.744 bits per heavy atom. The molecule has 1 N–H and O–H groups in total. The van der Waals surface area contributed by atoms with Gasteiger partial charge in [0.15, 0.2) is 0 Å². The van der Waals surface area contributed by atoms with Crippen molar-refractivity contribution in [3.63, 3.8) is 0 Å². The summed E-state index contributed by atoms with van der Waals surface area (Å²) in [5.74, 6) is -7.66. The zero-order valence-electron chi connectivity index (χ0n) is 23.1. The Hall–Kier alpha value is -2.80. The first-order chi connectivity index (χ1) is 17.5. The molecular formula is C25H36F4N2O8. The minimum atomic E-state index is -2.88. The number of rotatable bonds is 2. The second-order valence-corrected chi connectivity index (χ2v) is 12.8. The van der Waals surface area contributed by atoms with Gasteiger partial charge in [-0.2, -0.15) is 0 Å². The Morgan fingerprint density at radius 2 is 1.08 bits per heavy atom. The van der Waals surface area contributed by atoms with Crippen molar-refractivity contribution in [2.75, 3.05) is 20.2 Å². The topological polar surface area (TPSA) is 123 Å². The summed E-state index contributed by atoms with van der Waals surface area (Å²) in [5, 5.41) is 9.07. The number of esters is 1. The highest BCUT2D eigenvalue weighted by atomic mass is 19.3. The Morgan fingerprint density at radius 3 is 1.36 bits per heavy atom. The van der Waals surface area contributed by atoms with Crippen LogP contribution in [0.1, 0.15) is 67.2 Å². The minimum absolute atomic E-state index is 0.0775. The number of nitrogens with zero attached hydrogens (tertiary/aromatic N) is 2. The van der Waals surface area contributed by atoms with Crippen LogP contribution in [0.4, 0.5) is 27.2 Å². The number of hydrogen-bond donors (Lipinski definition) is 1. The van der Waals surface area contributed by atoms with E-state index in [1.54, 1.807) is 41.5 Å². The predicted molar refractivity (Wildman–Crippen MR) is 126 cm³/mol. The molecule has 0 aromatic carbocycles. The van der Waals surface area contributed by atoms with Crippen LogP contribution in [0.15, 0.2) is 0 Å². The first-order valence-corrected chi connectivity index (χ1v) is 12.5. The highest BCUT2D eigenvalue weighted by Gasteiger charge is 2.76. The van der Waals surface area contributed by atoms with Crippen LogP contribution in [0, 0.1) is 10.8 Å². The highest BCUT2D eigenvalue weighted by molar-refractivity contribution is 5.83. The summed E-state index contributed by atoms with van der Waals surface area (Å²) in [6.07, 6.45) is -2.55. The Balaban J connectivity index is 0.000000216. The standard InChI is InChI=1S/C13H19F2NO4.C12H17F2NO4/c1-11(2,3)20-10(18)16-7-12(6-13(12,14)15)5-8(16)9(17)19-4;1-10(2,3)19-9(18)15-6-11(5-12(11,13)14)4-7(15)8(16)17/h8H,5-7H2,1-4H3;7H,4-6H2,1-3H3,(H,16,17)/t8-,12?;7-,11?/m00/s1. The van der Waals surface area contributed by atoms with E-state index in [9.17, 15) is 36.7 Å². The van der Waals surface area contributed by atoms with Crippen LogP contribution < -0.4 is 0 Å². The van der Waals surface area contributed by atoms with Crippen LogP contribution in [-0.2, 0) is 23.8 Å². The largest absolute Gasteiger partial charge is 0.480 e. The fourth-order valence-corrected chi connectivity index (χ4v) is 5.10. The number of carbonyl (C=O) groups excluding carboxylic acids is 3. The van der Waals surface area contributed by atoms with Crippen LogP contribution in [0.25, 0.3) is 0 Å². The lowest BCUT2D eigenvalue weighted by Crippen LogP contribution is -2.44. The first kappa shape index (κ1) is 30.7. The molecule has 0 bridgehead atoms.